The molecule has 2 aromatic rings. The highest BCUT2D eigenvalue weighted by Crippen LogP contribution is 2.25. The molecule has 0 saturated heterocycles. The summed E-state index contributed by atoms with van der Waals surface area (Å²) in [5, 5.41) is 4.25. The number of aryl methyl sites for hydroxylation is 1. The van der Waals surface area contributed by atoms with Gasteiger partial charge in [-0.1, -0.05) is 29.8 Å². The lowest BCUT2D eigenvalue weighted by Gasteiger charge is -2.17. The number of methoxy groups -OCH3 is 1. The number of hydrogen-bond acceptors (Lipinski definition) is 3. The minimum absolute atomic E-state index is 0.159. The van der Waals surface area contributed by atoms with Crippen LogP contribution in [-0.2, 0) is 6.54 Å². The second kappa shape index (κ2) is 6.92. The fourth-order valence-corrected chi connectivity index (χ4v) is 2.73. The quantitative estimate of drug-likeness (QED) is 0.898. The molecule has 0 aliphatic carbocycles. The first-order chi connectivity index (χ1) is 10.0. The summed E-state index contributed by atoms with van der Waals surface area (Å²) in [6, 6.07) is 8.04. The SMILES string of the molecule is COc1c(C)cnc(CN[C@@H](C)c2ccccc2Cl)c1C. The first-order valence-electron chi connectivity index (χ1n) is 7.01. The lowest BCUT2D eigenvalue weighted by Crippen LogP contribution is -2.20. The van der Waals surface area contributed by atoms with Crippen molar-refractivity contribution in [2.75, 3.05) is 7.11 Å². The van der Waals surface area contributed by atoms with Gasteiger partial charge in [0.2, 0.25) is 0 Å². The molecule has 4 heteroatoms. The molecule has 1 N–H and O–H groups in total. The average molecular weight is 305 g/mol. The number of ether oxygens (including phenoxy) is 1. The Bertz CT molecular complexity index is 628. The Kier molecular flexibility index (Phi) is 5.21. The Morgan fingerprint density at radius 2 is 2.00 bits per heavy atom. The van der Waals surface area contributed by atoms with E-state index in [1.54, 1.807) is 7.11 Å². The largest absolute Gasteiger partial charge is 0.496 e. The molecule has 0 radical (unpaired) electrons. The predicted molar refractivity (Wildman–Crippen MR) is 87.0 cm³/mol. The zero-order chi connectivity index (χ0) is 15.4. The number of benzene rings is 1. The molecule has 0 unspecified atom stereocenters. The molecule has 3 nitrogen and oxygen atoms in total. The summed E-state index contributed by atoms with van der Waals surface area (Å²) in [7, 11) is 1.69. The molecule has 1 aromatic carbocycles. The number of aromatic nitrogens is 1. The summed E-state index contributed by atoms with van der Waals surface area (Å²) in [4.78, 5) is 4.50. The topological polar surface area (TPSA) is 34.1 Å². The van der Waals surface area contributed by atoms with Crippen molar-refractivity contribution in [3.63, 3.8) is 0 Å². The van der Waals surface area contributed by atoms with Crippen molar-refractivity contribution in [2.45, 2.75) is 33.4 Å². The van der Waals surface area contributed by atoms with E-state index in [2.05, 4.69) is 17.2 Å². The minimum Gasteiger partial charge on any atom is -0.496 e. The van der Waals surface area contributed by atoms with Crippen molar-refractivity contribution in [3.05, 3.63) is 57.9 Å². The Morgan fingerprint density at radius 3 is 2.67 bits per heavy atom. The molecule has 1 heterocycles. The van der Waals surface area contributed by atoms with Gasteiger partial charge in [0.25, 0.3) is 0 Å². The average Bonchev–Trinajstić information content (AvgIpc) is 2.47. The van der Waals surface area contributed by atoms with Crippen LogP contribution in [0.15, 0.2) is 30.5 Å². The first-order valence-corrected chi connectivity index (χ1v) is 7.39. The predicted octanol–water partition coefficient (Wildman–Crippen LogP) is 4.21. The van der Waals surface area contributed by atoms with Gasteiger partial charge in [-0.25, -0.2) is 0 Å². The third-order valence-electron chi connectivity index (χ3n) is 3.70. The van der Waals surface area contributed by atoms with Gasteiger partial charge in [0.05, 0.1) is 12.8 Å². The fraction of sp³-hybridized carbons (Fsp3) is 0.353. The Morgan fingerprint density at radius 1 is 1.29 bits per heavy atom. The van der Waals surface area contributed by atoms with Gasteiger partial charge < -0.3 is 10.1 Å². The van der Waals surface area contributed by atoms with E-state index in [0.717, 1.165) is 33.2 Å². The monoisotopic (exact) mass is 304 g/mol. The van der Waals surface area contributed by atoms with Gasteiger partial charge in [0.1, 0.15) is 5.75 Å². The maximum atomic E-state index is 6.22. The number of pyridine rings is 1. The van der Waals surface area contributed by atoms with E-state index in [1.807, 2.05) is 44.3 Å². The standard InChI is InChI=1S/C17H21ClN2O/c1-11-9-20-16(12(2)17(11)21-4)10-19-13(3)14-7-5-6-8-15(14)18/h5-9,13,19H,10H2,1-4H3/t13-/m0/s1. The summed E-state index contributed by atoms with van der Waals surface area (Å²) < 4.78 is 5.44. The van der Waals surface area contributed by atoms with E-state index in [9.17, 15) is 0 Å². The summed E-state index contributed by atoms with van der Waals surface area (Å²) in [6.45, 7) is 6.81. The molecule has 2 rings (SSSR count). The molecule has 0 aliphatic rings. The summed E-state index contributed by atoms with van der Waals surface area (Å²) in [5.41, 5.74) is 4.22. The van der Waals surface area contributed by atoms with Crippen LogP contribution >= 0.6 is 11.6 Å². The number of halogens is 1. The molecule has 1 atom stereocenters. The van der Waals surface area contributed by atoms with Crippen LogP contribution in [0.25, 0.3) is 0 Å². The van der Waals surface area contributed by atoms with Crippen LogP contribution in [0.2, 0.25) is 5.02 Å². The van der Waals surface area contributed by atoms with Gasteiger partial charge in [-0.05, 0) is 32.4 Å². The van der Waals surface area contributed by atoms with E-state index in [4.69, 9.17) is 16.3 Å². The van der Waals surface area contributed by atoms with Crippen molar-refractivity contribution >= 4 is 11.6 Å². The van der Waals surface area contributed by atoms with Crippen molar-refractivity contribution in [1.29, 1.82) is 0 Å². The van der Waals surface area contributed by atoms with Crippen LogP contribution in [0.3, 0.4) is 0 Å². The number of rotatable bonds is 5. The second-order valence-electron chi connectivity index (χ2n) is 5.17. The smallest absolute Gasteiger partial charge is 0.128 e. The number of nitrogens with zero attached hydrogens (tertiary/aromatic N) is 1. The Hall–Kier alpha value is -1.58. The fourth-order valence-electron chi connectivity index (χ4n) is 2.44. The molecule has 0 spiro atoms. The molecule has 21 heavy (non-hydrogen) atoms. The molecular weight excluding hydrogens is 284 g/mol. The van der Waals surface area contributed by atoms with Gasteiger partial charge in [0.15, 0.2) is 0 Å². The van der Waals surface area contributed by atoms with Crippen molar-refractivity contribution in [1.82, 2.24) is 10.3 Å². The maximum Gasteiger partial charge on any atom is 0.128 e. The van der Waals surface area contributed by atoms with Crippen molar-refractivity contribution in [3.8, 4) is 5.75 Å². The van der Waals surface area contributed by atoms with Crippen LogP contribution in [0.4, 0.5) is 0 Å². The lowest BCUT2D eigenvalue weighted by molar-refractivity contribution is 0.406. The summed E-state index contributed by atoms with van der Waals surface area (Å²) >= 11 is 6.22. The number of nitrogens with one attached hydrogen (secondary N) is 1. The van der Waals surface area contributed by atoms with Crippen LogP contribution in [0.1, 0.15) is 35.3 Å². The van der Waals surface area contributed by atoms with E-state index in [0.29, 0.717) is 6.54 Å². The van der Waals surface area contributed by atoms with Gasteiger partial charge in [0, 0.05) is 34.9 Å². The zero-order valence-electron chi connectivity index (χ0n) is 12.9. The molecule has 0 bridgehead atoms. The molecule has 0 fully saturated rings. The molecule has 0 aliphatic heterocycles. The van der Waals surface area contributed by atoms with Gasteiger partial charge >= 0.3 is 0 Å². The van der Waals surface area contributed by atoms with Gasteiger partial charge in [-0.3, -0.25) is 4.98 Å². The summed E-state index contributed by atoms with van der Waals surface area (Å²) in [6.07, 6.45) is 1.85. The highest BCUT2D eigenvalue weighted by atomic mass is 35.5. The highest BCUT2D eigenvalue weighted by Gasteiger charge is 2.12. The second-order valence-corrected chi connectivity index (χ2v) is 5.58. The number of hydrogen-bond donors (Lipinski definition) is 1. The molecular formula is C17H21ClN2O. The lowest BCUT2D eigenvalue weighted by atomic mass is 10.1. The van der Waals surface area contributed by atoms with Crippen LogP contribution in [0, 0.1) is 13.8 Å². The molecule has 112 valence electrons. The normalized spacial score (nSPS) is 12.2. The third kappa shape index (κ3) is 3.55. The minimum atomic E-state index is 0.159. The molecule has 1 aromatic heterocycles. The van der Waals surface area contributed by atoms with E-state index in [1.165, 1.54) is 0 Å². The highest BCUT2D eigenvalue weighted by molar-refractivity contribution is 6.31. The maximum absolute atomic E-state index is 6.22. The Labute approximate surface area is 131 Å². The van der Waals surface area contributed by atoms with Crippen LogP contribution in [-0.4, -0.2) is 12.1 Å². The van der Waals surface area contributed by atoms with Crippen LogP contribution in [0.5, 0.6) is 5.75 Å². The van der Waals surface area contributed by atoms with Crippen LogP contribution < -0.4 is 10.1 Å². The van der Waals surface area contributed by atoms with E-state index < -0.39 is 0 Å². The Balaban J connectivity index is 2.12. The molecule has 0 saturated carbocycles. The van der Waals surface area contributed by atoms with E-state index in [-0.39, 0.29) is 6.04 Å². The third-order valence-corrected chi connectivity index (χ3v) is 4.04. The van der Waals surface area contributed by atoms with Crippen molar-refractivity contribution < 1.29 is 4.74 Å². The molecule has 0 amide bonds. The van der Waals surface area contributed by atoms with E-state index >= 15 is 0 Å². The van der Waals surface area contributed by atoms with Gasteiger partial charge in [-0.2, -0.15) is 0 Å². The van der Waals surface area contributed by atoms with Crippen molar-refractivity contribution in [2.24, 2.45) is 0 Å². The summed E-state index contributed by atoms with van der Waals surface area (Å²) in [5.74, 6) is 0.909. The first kappa shape index (κ1) is 15.8. The van der Waals surface area contributed by atoms with Gasteiger partial charge in [-0.15, -0.1) is 0 Å². The zero-order valence-corrected chi connectivity index (χ0v) is 13.7.